The minimum absolute atomic E-state index is 0.118. The zero-order chi connectivity index (χ0) is 13.1. The van der Waals surface area contributed by atoms with Gasteiger partial charge in [-0.3, -0.25) is 4.79 Å². The third-order valence-electron chi connectivity index (χ3n) is 3.08. The fourth-order valence-corrected chi connectivity index (χ4v) is 2.12. The van der Waals surface area contributed by atoms with Gasteiger partial charge in [-0.2, -0.15) is 0 Å². The Kier molecular flexibility index (Phi) is 3.57. The van der Waals surface area contributed by atoms with Gasteiger partial charge in [0.1, 0.15) is 5.75 Å². The fourth-order valence-electron chi connectivity index (χ4n) is 2.12. The van der Waals surface area contributed by atoms with Crippen LogP contribution >= 0.6 is 0 Å². The minimum atomic E-state index is -0.865. The lowest BCUT2D eigenvalue weighted by Gasteiger charge is -2.15. The third-order valence-corrected chi connectivity index (χ3v) is 3.08. The van der Waals surface area contributed by atoms with E-state index in [1.165, 1.54) is 7.11 Å². The average molecular weight is 250 g/mol. The predicted molar refractivity (Wildman–Crippen MR) is 65.7 cm³/mol. The van der Waals surface area contributed by atoms with Crippen LogP contribution in [0.5, 0.6) is 5.75 Å². The van der Waals surface area contributed by atoms with Crippen LogP contribution in [-0.2, 0) is 4.74 Å². The molecule has 2 rings (SSSR count). The number of ether oxygens (including phenoxy) is 2. The summed E-state index contributed by atoms with van der Waals surface area (Å²) in [5.41, 5.74) is 6.85. The van der Waals surface area contributed by atoms with Gasteiger partial charge in [-0.1, -0.05) is 0 Å². The van der Waals surface area contributed by atoms with E-state index < -0.39 is 5.91 Å². The summed E-state index contributed by atoms with van der Waals surface area (Å²) in [5.74, 6) is -0.112. The molecule has 18 heavy (non-hydrogen) atoms. The maximum absolute atomic E-state index is 11.4. The highest BCUT2D eigenvalue weighted by Gasteiger charge is 2.24. The number of nitrogens with two attached hydrogens (primary N) is 1. The summed E-state index contributed by atoms with van der Waals surface area (Å²) in [6, 6.07) is 3.13. The first kappa shape index (κ1) is 12.5. The van der Waals surface area contributed by atoms with E-state index in [0.29, 0.717) is 19.0 Å². The molecule has 0 aliphatic carbocycles. The number of nitroso groups, excluding NO2 is 1. The maximum Gasteiger partial charge on any atom is 0.318 e. The molecule has 1 fully saturated rings. The molecule has 1 atom stereocenters. The number of methoxy groups -OCH3 is 1. The number of carbonyl (C=O) groups is 1. The SMILES string of the molecule is COc1cc(N)c(C(=O)N=O)cc1[C@@H]1CCOC1. The normalized spacial score (nSPS) is 18.6. The number of hydrogen-bond acceptors (Lipinski definition) is 5. The van der Waals surface area contributed by atoms with Crippen molar-refractivity contribution in [2.75, 3.05) is 26.1 Å². The molecule has 1 aromatic carbocycles. The van der Waals surface area contributed by atoms with E-state index in [2.05, 4.69) is 5.18 Å². The Bertz CT molecular complexity index is 481. The zero-order valence-electron chi connectivity index (χ0n) is 10.0. The number of anilines is 1. The molecule has 6 nitrogen and oxygen atoms in total. The third kappa shape index (κ3) is 2.19. The second kappa shape index (κ2) is 5.14. The quantitative estimate of drug-likeness (QED) is 0.651. The first-order valence-corrected chi connectivity index (χ1v) is 5.60. The molecule has 1 aliphatic heterocycles. The summed E-state index contributed by atoms with van der Waals surface area (Å²) in [4.78, 5) is 21.7. The molecule has 1 amide bonds. The van der Waals surface area contributed by atoms with Gasteiger partial charge in [-0.25, -0.2) is 0 Å². The second-order valence-corrected chi connectivity index (χ2v) is 4.14. The van der Waals surface area contributed by atoms with Crippen LogP contribution in [0, 0.1) is 4.91 Å². The zero-order valence-corrected chi connectivity index (χ0v) is 10.0. The second-order valence-electron chi connectivity index (χ2n) is 4.14. The van der Waals surface area contributed by atoms with Crippen LogP contribution in [0.2, 0.25) is 0 Å². The fraction of sp³-hybridized carbons (Fsp3) is 0.417. The molecule has 0 saturated carbocycles. The summed E-state index contributed by atoms with van der Waals surface area (Å²) < 4.78 is 10.6. The van der Waals surface area contributed by atoms with Crippen molar-refractivity contribution in [2.24, 2.45) is 5.18 Å². The average Bonchev–Trinajstić information content (AvgIpc) is 2.91. The van der Waals surface area contributed by atoms with Crippen LogP contribution in [0.25, 0.3) is 0 Å². The van der Waals surface area contributed by atoms with Crippen molar-refractivity contribution in [3.63, 3.8) is 0 Å². The number of benzene rings is 1. The minimum Gasteiger partial charge on any atom is -0.496 e. The Balaban J connectivity index is 2.48. The largest absolute Gasteiger partial charge is 0.496 e. The van der Waals surface area contributed by atoms with E-state index in [0.717, 1.165) is 12.0 Å². The van der Waals surface area contributed by atoms with E-state index in [4.69, 9.17) is 15.2 Å². The molecule has 96 valence electrons. The molecular weight excluding hydrogens is 236 g/mol. The maximum atomic E-state index is 11.4. The van der Waals surface area contributed by atoms with Crippen LogP contribution in [0.4, 0.5) is 5.69 Å². The Morgan fingerprint density at radius 2 is 2.33 bits per heavy atom. The Hall–Kier alpha value is -1.95. The molecular formula is C12H14N2O4. The lowest BCUT2D eigenvalue weighted by Crippen LogP contribution is -2.07. The van der Waals surface area contributed by atoms with Crippen molar-refractivity contribution in [1.82, 2.24) is 0 Å². The molecule has 0 aromatic heterocycles. The number of nitrogen functional groups attached to an aromatic ring is 1. The van der Waals surface area contributed by atoms with Crippen LogP contribution in [0.1, 0.15) is 28.3 Å². The highest BCUT2D eigenvalue weighted by Crippen LogP contribution is 2.35. The van der Waals surface area contributed by atoms with Crippen molar-refractivity contribution in [1.29, 1.82) is 0 Å². The van der Waals surface area contributed by atoms with Gasteiger partial charge in [0.15, 0.2) is 0 Å². The number of nitrogens with zero attached hydrogens (tertiary/aromatic N) is 1. The molecule has 1 heterocycles. The summed E-state index contributed by atoms with van der Waals surface area (Å²) in [5, 5.41) is 2.40. The van der Waals surface area contributed by atoms with Crippen molar-refractivity contribution >= 4 is 11.6 Å². The first-order chi connectivity index (χ1) is 8.67. The van der Waals surface area contributed by atoms with E-state index in [-0.39, 0.29) is 17.2 Å². The first-order valence-electron chi connectivity index (χ1n) is 5.60. The monoisotopic (exact) mass is 250 g/mol. The van der Waals surface area contributed by atoms with Crippen molar-refractivity contribution in [3.8, 4) is 5.75 Å². The Labute approximate surface area is 104 Å². The molecule has 6 heteroatoms. The summed E-state index contributed by atoms with van der Waals surface area (Å²) in [7, 11) is 1.54. The van der Waals surface area contributed by atoms with Crippen molar-refractivity contribution < 1.29 is 14.3 Å². The van der Waals surface area contributed by atoms with Crippen LogP contribution < -0.4 is 10.5 Å². The lowest BCUT2D eigenvalue weighted by molar-refractivity contribution is 0.100. The van der Waals surface area contributed by atoms with Crippen LogP contribution in [-0.4, -0.2) is 26.2 Å². The van der Waals surface area contributed by atoms with E-state index in [9.17, 15) is 9.70 Å². The smallest absolute Gasteiger partial charge is 0.318 e. The van der Waals surface area contributed by atoms with Gasteiger partial charge in [0, 0.05) is 35.0 Å². The van der Waals surface area contributed by atoms with Gasteiger partial charge < -0.3 is 15.2 Å². The highest BCUT2D eigenvalue weighted by molar-refractivity contribution is 6.00. The molecule has 0 radical (unpaired) electrons. The highest BCUT2D eigenvalue weighted by atomic mass is 16.5. The molecule has 0 unspecified atom stereocenters. The van der Waals surface area contributed by atoms with Gasteiger partial charge in [0.25, 0.3) is 0 Å². The van der Waals surface area contributed by atoms with Crippen molar-refractivity contribution in [2.45, 2.75) is 12.3 Å². The molecule has 0 bridgehead atoms. The molecule has 1 saturated heterocycles. The molecule has 2 N–H and O–H groups in total. The number of carbonyl (C=O) groups excluding carboxylic acids is 1. The molecule has 1 aromatic rings. The van der Waals surface area contributed by atoms with Gasteiger partial charge in [-0.15, -0.1) is 4.91 Å². The van der Waals surface area contributed by atoms with E-state index >= 15 is 0 Å². The summed E-state index contributed by atoms with van der Waals surface area (Å²) in [6.45, 7) is 1.25. The predicted octanol–water partition coefficient (Wildman–Crippen LogP) is 1.69. The van der Waals surface area contributed by atoms with Crippen LogP contribution in [0.15, 0.2) is 17.3 Å². The number of amides is 1. The van der Waals surface area contributed by atoms with Gasteiger partial charge in [0.2, 0.25) is 0 Å². The van der Waals surface area contributed by atoms with Crippen LogP contribution in [0.3, 0.4) is 0 Å². The summed E-state index contributed by atoms with van der Waals surface area (Å²) in [6.07, 6.45) is 0.850. The topological polar surface area (TPSA) is 91.0 Å². The molecule has 0 spiro atoms. The standard InChI is InChI=1S/C12H14N2O4/c1-17-11-5-10(13)9(12(15)14-16)4-8(11)7-2-3-18-6-7/h4-5,7H,2-3,6,13H2,1H3/t7-/m1/s1. The Morgan fingerprint density at radius 1 is 1.56 bits per heavy atom. The number of rotatable bonds is 3. The van der Waals surface area contributed by atoms with E-state index in [1.54, 1.807) is 12.1 Å². The summed E-state index contributed by atoms with van der Waals surface area (Å²) >= 11 is 0. The number of hydrogen-bond donors (Lipinski definition) is 1. The van der Waals surface area contributed by atoms with Gasteiger partial charge in [-0.05, 0) is 12.5 Å². The van der Waals surface area contributed by atoms with Gasteiger partial charge >= 0.3 is 5.91 Å². The lowest BCUT2D eigenvalue weighted by atomic mass is 9.94. The Morgan fingerprint density at radius 3 is 2.89 bits per heavy atom. The van der Waals surface area contributed by atoms with E-state index in [1.807, 2.05) is 0 Å². The van der Waals surface area contributed by atoms with Crippen molar-refractivity contribution in [3.05, 3.63) is 28.2 Å². The molecule has 1 aliphatic rings. The van der Waals surface area contributed by atoms with Gasteiger partial charge in [0.05, 0.1) is 19.3 Å².